The first-order chi connectivity index (χ1) is 16.3. The van der Waals surface area contributed by atoms with Gasteiger partial charge in [-0.3, -0.25) is 9.35 Å². The van der Waals surface area contributed by atoms with Gasteiger partial charge in [0.15, 0.2) is 0 Å². The van der Waals surface area contributed by atoms with Crippen molar-refractivity contribution in [2.45, 2.75) is 11.8 Å². The Balaban J connectivity index is 1.77. The van der Waals surface area contributed by atoms with Crippen molar-refractivity contribution in [2.75, 3.05) is 5.32 Å². The average Bonchev–Trinajstić information content (AvgIpc) is 2.82. The predicted molar refractivity (Wildman–Crippen MR) is 129 cm³/mol. The number of hydrogen-bond donors (Lipinski definition) is 2. The number of carbonyl (C=O) groups excluding carboxylic acids is 1. The SMILES string of the molecule is CC(=O)Nc1ccc(N=Nc2c(N=Nc3ccccc3)ccc3cc(S(=O)(=O)O)ccc23)cc1. The van der Waals surface area contributed by atoms with E-state index in [1.54, 1.807) is 48.5 Å². The third kappa shape index (κ3) is 5.55. The number of azo groups is 2. The molecule has 170 valence electrons. The lowest BCUT2D eigenvalue weighted by molar-refractivity contribution is -0.114. The highest BCUT2D eigenvalue weighted by molar-refractivity contribution is 7.85. The van der Waals surface area contributed by atoms with Crippen molar-refractivity contribution < 1.29 is 17.8 Å². The zero-order valence-corrected chi connectivity index (χ0v) is 18.8. The quantitative estimate of drug-likeness (QED) is 0.233. The Labute approximate surface area is 195 Å². The van der Waals surface area contributed by atoms with E-state index >= 15 is 0 Å². The van der Waals surface area contributed by atoms with E-state index in [1.807, 2.05) is 18.2 Å². The summed E-state index contributed by atoms with van der Waals surface area (Å²) in [6, 6.07) is 23.5. The highest BCUT2D eigenvalue weighted by atomic mass is 32.2. The topological polar surface area (TPSA) is 133 Å². The lowest BCUT2D eigenvalue weighted by Gasteiger charge is -2.07. The fourth-order valence-corrected chi connectivity index (χ4v) is 3.67. The van der Waals surface area contributed by atoms with Crippen LogP contribution in [0.15, 0.2) is 110 Å². The third-order valence-corrected chi connectivity index (χ3v) is 5.57. The van der Waals surface area contributed by atoms with E-state index in [1.165, 1.54) is 25.1 Å². The molecule has 0 radical (unpaired) electrons. The van der Waals surface area contributed by atoms with Gasteiger partial charge in [-0.15, -0.1) is 10.2 Å². The molecule has 0 fully saturated rings. The Kier molecular flexibility index (Phi) is 6.53. The molecule has 0 saturated carbocycles. The lowest BCUT2D eigenvalue weighted by Crippen LogP contribution is -2.04. The largest absolute Gasteiger partial charge is 0.326 e. The van der Waals surface area contributed by atoms with E-state index in [0.717, 1.165) is 0 Å². The monoisotopic (exact) mass is 473 g/mol. The number of amides is 1. The summed E-state index contributed by atoms with van der Waals surface area (Å²) >= 11 is 0. The standard InChI is InChI=1S/C24H19N5O4S/c1-16(30)25-18-8-10-20(11-9-18)27-29-24-22-13-12-21(34(31,32)33)15-17(22)7-14-23(24)28-26-19-5-3-2-4-6-19/h2-15H,1H3,(H,25,30)(H,31,32,33). The molecule has 10 heteroatoms. The van der Waals surface area contributed by atoms with Crippen LogP contribution in [0.5, 0.6) is 0 Å². The number of carbonyl (C=O) groups is 1. The van der Waals surface area contributed by atoms with Crippen LogP contribution in [0.3, 0.4) is 0 Å². The summed E-state index contributed by atoms with van der Waals surface area (Å²) in [4.78, 5) is 11.0. The summed E-state index contributed by atoms with van der Waals surface area (Å²) in [6.45, 7) is 1.42. The molecule has 9 nitrogen and oxygen atoms in total. The highest BCUT2D eigenvalue weighted by Crippen LogP contribution is 2.38. The molecule has 0 atom stereocenters. The maximum absolute atomic E-state index is 11.5. The van der Waals surface area contributed by atoms with Crippen LogP contribution in [0.2, 0.25) is 0 Å². The summed E-state index contributed by atoms with van der Waals surface area (Å²) in [7, 11) is -4.36. The van der Waals surface area contributed by atoms with Crippen LogP contribution >= 0.6 is 0 Å². The number of nitrogens with one attached hydrogen (secondary N) is 1. The molecule has 0 heterocycles. The molecule has 0 spiro atoms. The van der Waals surface area contributed by atoms with Crippen molar-refractivity contribution >= 4 is 55.2 Å². The van der Waals surface area contributed by atoms with Gasteiger partial charge >= 0.3 is 0 Å². The van der Waals surface area contributed by atoms with E-state index in [9.17, 15) is 17.8 Å². The van der Waals surface area contributed by atoms with Crippen LogP contribution in [0.1, 0.15) is 6.92 Å². The summed E-state index contributed by atoms with van der Waals surface area (Å²) in [5.41, 5.74) is 2.62. The van der Waals surface area contributed by atoms with Crippen LogP contribution in [0, 0.1) is 0 Å². The summed E-state index contributed by atoms with van der Waals surface area (Å²) in [5.74, 6) is -0.178. The number of benzene rings is 4. The van der Waals surface area contributed by atoms with Crippen molar-refractivity contribution in [1.82, 2.24) is 0 Å². The molecular weight excluding hydrogens is 454 g/mol. The smallest absolute Gasteiger partial charge is 0.294 e. The number of hydrogen-bond acceptors (Lipinski definition) is 7. The van der Waals surface area contributed by atoms with E-state index in [2.05, 4.69) is 25.8 Å². The fraction of sp³-hybridized carbons (Fsp3) is 0.0417. The van der Waals surface area contributed by atoms with E-state index in [0.29, 0.717) is 39.2 Å². The second-order valence-electron chi connectivity index (χ2n) is 7.25. The summed E-state index contributed by atoms with van der Waals surface area (Å²) in [5, 5.41) is 21.0. The van der Waals surface area contributed by atoms with Crippen LogP contribution in [-0.2, 0) is 14.9 Å². The molecule has 2 N–H and O–H groups in total. The van der Waals surface area contributed by atoms with Gasteiger partial charge in [0, 0.05) is 18.0 Å². The molecule has 0 unspecified atom stereocenters. The van der Waals surface area contributed by atoms with Crippen LogP contribution in [0.4, 0.5) is 28.4 Å². The van der Waals surface area contributed by atoms with Gasteiger partial charge in [0.2, 0.25) is 5.91 Å². The molecule has 0 aliphatic heterocycles. The molecule has 0 saturated heterocycles. The average molecular weight is 474 g/mol. The first-order valence-corrected chi connectivity index (χ1v) is 11.5. The van der Waals surface area contributed by atoms with Crippen LogP contribution < -0.4 is 5.32 Å². The van der Waals surface area contributed by atoms with Gasteiger partial charge in [-0.1, -0.05) is 30.3 Å². The number of rotatable bonds is 6. The Morgan fingerprint density at radius 2 is 1.47 bits per heavy atom. The Morgan fingerprint density at radius 3 is 2.15 bits per heavy atom. The fourth-order valence-electron chi connectivity index (χ4n) is 3.15. The first kappa shape index (κ1) is 22.9. The summed E-state index contributed by atoms with van der Waals surface area (Å²) in [6.07, 6.45) is 0. The van der Waals surface area contributed by atoms with Gasteiger partial charge in [-0.2, -0.15) is 18.6 Å². The van der Waals surface area contributed by atoms with Gasteiger partial charge in [0.05, 0.1) is 16.3 Å². The molecule has 0 aliphatic rings. The van der Waals surface area contributed by atoms with Gasteiger partial charge in [0.1, 0.15) is 11.4 Å². The Bertz CT molecular complexity index is 1520. The van der Waals surface area contributed by atoms with Gasteiger partial charge in [0.25, 0.3) is 10.1 Å². The molecular formula is C24H19N5O4S. The highest BCUT2D eigenvalue weighted by Gasteiger charge is 2.13. The third-order valence-electron chi connectivity index (χ3n) is 4.72. The lowest BCUT2D eigenvalue weighted by atomic mass is 10.1. The minimum atomic E-state index is -4.36. The number of fused-ring (bicyclic) bond motifs is 1. The van der Waals surface area contributed by atoms with Crippen molar-refractivity contribution in [3.8, 4) is 0 Å². The first-order valence-electron chi connectivity index (χ1n) is 10.1. The second kappa shape index (κ2) is 9.69. The van der Waals surface area contributed by atoms with E-state index in [4.69, 9.17) is 0 Å². The molecule has 0 bridgehead atoms. The maximum atomic E-state index is 11.5. The minimum absolute atomic E-state index is 0.178. The minimum Gasteiger partial charge on any atom is -0.326 e. The Hall–Kier alpha value is -4.28. The van der Waals surface area contributed by atoms with Crippen molar-refractivity contribution in [3.63, 3.8) is 0 Å². The predicted octanol–water partition coefficient (Wildman–Crippen LogP) is 6.88. The normalized spacial score (nSPS) is 11.9. The molecule has 4 aromatic rings. The number of anilines is 1. The molecule has 1 amide bonds. The maximum Gasteiger partial charge on any atom is 0.294 e. The van der Waals surface area contributed by atoms with E-state index < -0.39 is 10.1 Å². The van der Waals surface area contributed by atoms with Crippen LogP contribution in [0.25, 0.3) is 10.8 Å². The molecule has 4 aromatic carbocycles. The van der Waals surface area contributed by atoms with Crippen molar-refractivity contribution in [2.24, 2.45) is 20.5 Å². The zero-order valence-electron chi connectivity index (χ0n) is 18.0. The molecule has 34 heavy (non-hydrogen) atoms. The number of nitrogens with zero attached hydrogens (tertiary/aromatic N) is 4. The van der Waals surface area contributed by atoms with Gasteiger partial charge in [-0.05, 0) is 60.0 Å². The van der Waals surface area contributed by atoms with Crippen LogP contribution in [-0.4, -0.2) is 18.9 Å². The van der Waals surface area contributed by atoms with E-state index in [-0.39, 0.29) is 10.8 Å². The van der Waals surface area contributed by atoms with Gasteiger partial charge < -0.3 is 5.32 Å². The second-order valence-corrected chi connectivity index (χ2v) is 8.68. The molecule has 0 aliphatic carbocycles. The molecule has 0 aromatic heterocycles. The molecule has 4 rings (SSSR count). The Morgan fingerprint density at radius 1 is 0.794 bits per heavy atom. The zero-order chi connectivity index (χ0) is 24.1. The van der Waals surface area contributed by atoms with Crippen molar-refractivity contribution in [3.05, 3.63) is 84.9 Å². The van der Waals surface area contributed by atoms with Gasteiger partial charge in [-0.25, -0.2) is 0 Å². The van der Waals surface area contributed by atoms with Crippen molar-refractivity contribution in [1.29, 1.82) is 0 Å². The summed E-state index contributed by atoms with van der Waals surface area (Å²) < 4.78 is 32.5.